The van der Waals surface area contributed by atoms with Gasteiger partial charge in [0, 0.05) is 22.8 Å². The summed E-state index contributed by atoms with van der Waals surface area (Å²) in [4.78, 5) is 28.3. The predicted octanol–water partition coefficient (Wildman–Crippen LogP) is 4.54. The Balaban J connectivity index is 1.51. The van der Waals surface area contributed by atoms with E-state index in [0.717, 1.165) is 5.56 Å². The number of amides is 2. The molecule has 0 saturated heterocycles. The van der Waals surface area contributed by atoms with E-state index >= 15 is 0 Å². The topological polar surface area (TPSA) is 80.3 Å². The molecule has 0 spiro atoms. The second-order valence-electron chi connectivity index (χ2n) is 6.43. The van der Waals surface area contributed by atoms with Gasteiger partial charge in [-0.3, -0.25) is 14.9 Å². The Morgan fingerprint density at radius 3 is 2.57 bits per heavy atom. The number of anilines is 2. The van der Waals surface area contributed by atoms with E-state index in [1.165, 1.54) is 11.3 Å². The normalized spacial score (nSPS) is 10.5. The maximum absolute atomic E-state index is 12.1. The minimum atomic E-state index is -0.269. The van der Waals surface area contributed by atoms with Crippen LogP contribution in [-0.2, 0) is 4.79 Å². The predicted molar refractivity (Wildman–Crippen MR) is 111 cm³/mol. The number of aromatic nitrogens is 1. The third-order valence-electron chi connectivity index (χ3n) is 3.98. The summed E-state index contributed by atoms with van der Waals surface area (Å²) < 4.78 is 5.57. The fraction of sp³-hybridized carbons (Fsp3) is 0.190. The van der Waals surface area contributed by atoms with Crippen LogP contribution >= 0.6 is 11.3 Å². The summed E-state index contributed by atoms with van der Waals surface area (Å²) in [5, 5.41) is 7.80. The first-order valence-electron chi connectivity index (χ1n) is 8.85. The van der Waals surface area contributed by atoms with Gasteiger partial charge in [0.1, 0.15) is 5.75 Å². The number of carbonyl (C=O) groups is 2. The number of hydrogen-bond acceptors (Lipinski definition) is 5. The van der Waals surface area contributed by atoms with E-state index in [-0.39, 0.29) is 18.4 Å². The first-order chi connectivity index (χ1) is 13.5. The highest BCUT2D eigenvalue weighted by atomic mass is 32.1. The fourth-order valence-corrected chi connectivity index (χ4v) is 2.99. The number of carbonyl (C=O) groups excluding carboxylic acids is 2. The van der Waals surface area contributed by atoms with Crippen LogP contribution in [-0.4, -0.2) is 23.4 Å². The smallest absolute Gasteiger partial charge is 0.262 e. The number of nitrogens with one attached hydrogen (secondary N) is 2. The minimum Gasteiger partial charge on any atom is -0.484 e. The van der Waals surface area contributed by atoms with Gasteiger partial charge in [-0.25, -0.2) is 4.98 Å². The molecule has 0 unspecified atom stereocenters. The molecule has 0 aliphatic heterocycles. The van der Waals surface area contributed by atoms with Crippen LogP contribution in [0.5, 0.6) is 5.75 Å². The van der Waals surface area contributed by atoms with Crippen molar-refractivity contribution in [3.05, 3.63) is 71.2 Å². The van der Waals surface area contributed by atoms with Crippen molar-refractivity contribution in [1.29, 1.82) is 0 Å². The number of hydrogen-bond donors (Lipinski definition) is 2. The molecule has 7 heteroatoms. The molecular formula is C21H21N3O3S. The lowest BCUT2D eigenvalue weighted by molar-refractivity contribution is -0.118. The quantitative estimate of drug-likeness (QED) is 0.616. The zero-order chi connectivity index (χ0) is 19.9. The van der Waals surface area contributed by atoms with E-state index in [4.69, 9.17) is 4.74 Å². The molecule has 0 bridgehead atoms. The number of thiazole rings is 1. The average molecular weight is 395 g/mol. The molecule has 0 fully saturated rings. The zero-order valence-corrected chi connectivity index (χ0v) is 16.5. The monoisotopic (exact) mass is 395 g/mol. The number of benzene rings is 2. The van der Waals surface area contributed by atoms with Crippen molar-refractivity contribution in [1.82, 2.24) is 4.98 Å². The standard InChI is InChI=1S/C21H21N3O3S/c1-14(2)16-4-3-5-18(12-16)27-13-19(25)23-17-8-6-15(7-9-17)20(26)24-21-22-10-11-28-21/h3-12,14H,13H2,1-2H3,(H,23,25)(H,22,24,26). The van der Waals surface area contributed by atoms with Gasteiger partial charge in [-0.05, 0) is 47.9 Å². The Kier molecular flexibility index (Phi) is 6.39. The Bertz CT molecular complexity index is 938. The molecule has 6 nitrogen and oxygen atoms in total. The van der Waals surface area contributed by atoms with Gasteiger partial charge in [-0.1, -0.05) is 26.0 Å². The first kappa shape index (κ1) is 19.6. The van der Waals surface area contributed by atoms with Crippen LogP contribution in [0.15, 0.2) is 60.1 Å². The first-order valence-corrected chi connectivity index (χ1v) is 9.73. The van der Waals surface area contributed by atoms with Crippen LogP contribution in [0.1, 0.15) is 35.7 Å². The molecule has 3 aromatic rings. The molecule has 2 amide bonds. The maximum Gasteiger partial charge on any atom is 0.262 e. The van der Waals surface area contributed by atoms with Crippen molar-refractivity contribution < 1.29 is 14.3 Å². The van der Waals surface area contributed by atoms with Crippen LogP contribution in [0.3, 0.4) is 0 Å². The molecule has 1 heterocycles. The van der Waals surface area contributed by atoms with Crippen molar-refractivity contribution in [3.8, 4) is 5.75 Å². The largest absolute Gasteiger partial charge is 0.484 e. The third kappa shape index (κ3) is 5.40. The summed E-state index contributed by atoms with van der Waals surface area (Å²) in [6.07, 6.45) is 1.63. The van der Waals surface area contributed by atoms with Crippen LogP contribution in [0, 0.1) is 0 Å². The number of nitrogens with zero attached hydrogens (tertiary/aromatic N) is 1. The van der Waals surface area contributed by atoms with E-state index < -0.39 is 0 Å². The van der Waals surface area contributed by atoms with Crippen LogP contribution in [0.2, 0.25) is 0 Å². The van der Waals surface area contributed by atoms with Crippen molar-refractivity contribution in [2.24, 2.45) is 0 Å². The van der Waals surface area contributed by atoms with E-state index in [1.54, 1.807) is 35.8 Å². The zero-order valence-electron chi connectivity index (χ0n) is 15.6. The highest BCUT2D eigenvalue weighted by molar-refractivity contribution is 7.13. The Labute approximate surface area is 167 Å². The molecule has 0 saturated carbocycles. The van der Waals surface area contributed by atoms with Crippen molar-refractivity contribution in [2.75, 3.05) is 17.2 Å². The second-order valence-corrected chi connectivity index (χ2v) is 7.33. The van der Waals surface area contributed by atoms with Gasteiger partial charge < -0.3 is 10.1 Å². The lowest BCUT2D eigenvalue weighted by Gasteiger charge is -2.10. The van der Waals surface area contributed by atoms with Gasteiger partial charge >= 0.3 is 0 Å². The fourth-order valence-electron chi connectivity index (χ4n) is 2.47. The molecule has 2 aromatic carbocycles. The Morgan fingerprint density at radius 2 is 1.89 bits per heavy atom. The molecule has 0 radical (unpaired) electrons. The van der Waals surface area contributed by atoms with Crippen LogP contribution in [0.25, 0.3) is 0 Å². The average Bonchev–Trinajstić information content (AvgIpc) is 3.20. The summed E-state index contributed by atoms with van der Waals surface area (Å²) in [5.41, 5.74) is 2.23. The maximum atomic E-state index is 12.1. The molecule has 3 rings (SSSR count). The Morgan fingerprint density at radius 1 is 1.11 bits per heavy atom. The summed E-state index contributed by atoms with van der Waals surface area (Å²) in [7, 11) is 0. The van der Waals surface area contributed by atoms with Crippen molar-refractivity contribution >= 4 is 34.0 Å². The molecule has 0 atom stereocenters. The lowest BCUT2D eigenvalue weighted by Crippen LogP contribution is -2.20. The van der Waals surface area contributed by atoms with Gasteiger partial charge in [0.15, 0.2) is 11.7 Å². The highest BCUT2D eigenvalue weighted by Crippen LogP contribution is 2.20. The van der Waals surface area contributed by atoms with Crippen LogP contribution < -0.4 is 15.4 Å². The minimum absolute atomic E-state index is 0.0895. The van der Waals surface area contributed by atoms with Crippen molar-refractivity contribution in [3.63, 3.8) is 0 Å². The summed E-state index contributed by atoms with van der Waals surface area (Å²) in [6, 6.07) is 14.4. The van der Waals surface area contributed by atoms with Gasteiger partial charge in [-0.15, -0.1) is 11.3 Å². The van der Waals surface area contributed by atoms with E-state index in [1.807, 2.05) is 24.3 Å². The highest BCUT2D eigenvalue weighted by Gasteiger charge is 2.09. The molecular weight excluding hydrogens is 374 g/mol. The van der Waals surface area contributed by atoms with E-state index in [2.05, 4.69) is 29.5 Å². The molecule has 0 aliphatic carbocycles. The van der Waals surface area contributed by atoms with Crippen molar-refractivity contribution in [2.45, 2.75) is 19.8 Å². The van der Waals surface area contributed by atoms with Gasteiger partial charge in [0.25, 0.3) is 11.8 Å². The molecule has 1 aromatic heterocycles. The lowest BCUT2D eigenvalue weighted by atomic mass is 10.0. The molecule has 2 N–H and O–H groups in total. The van der Waals surface area contributed by atoms with Gasteiger partial charge in [0.2, 0.25) is 0 Å². The second kappa shape index (κ2) is 9.14. The molecule has 0 aliphatic rings. The van der Waals surface area contributed by atoms with E-state index in [9.17, 15) is 9.59 Å². The molecule has 28 heavy (non-hydrogen) atoms. The SMILES string of the molecule is CC(C)c1cccc(OCC(=O)Nc2ccc(C(=O)Nc3nccs3)cc2)c1. The van der Waals surface area contributed by atoms with Gasteiger partial charge in [0.05, 0.1) is 0 Å². The van der Waals surface area contributed by atoms with Crippen LogP contribution in [0.4, 0.5) is 10.8 Å². The summed E-state index contributed by atoms with van der Waals surface area (Å²) in [5.74, 6) is 0.537. The van der Waals surface area contributed by atoms with Gasteiger partial charge in [-0.2, -0.15) is 0 Å². The summed E-state index contributed by atoms with van der Waals surface area (Å²) >= 11 is 1.35. The molecule has 144 valence electrons. The Hall–Kier alpha value is -3.19. The van der Waals surface area contributed by atoms with E-state index in [0.29, 0.717) is 28.0 Å². The number of ether oxygens (including phenoxy) is 1. The summed E-state index contributed by atoms with van der Waals surface area (Å²) in [6.45, 7) is 4.12. The third-order valence-corrected chi connectivity index (χ3v) is 4.67. The number of rotatable bonds is 7.